The molecule has 0 saturated carbocycles. The third-order valence-electron chi connectivity index (χ3n) is 3.57. The zero-order chi connectivity index (χ0) is 13.9. The molecule has 0 bridgehead atoms. The molecular weight excluding hydrogens is 238 g/mol. The van der Waals surface area contributed by atoms with Crippen LogP contribution >= 0.6 is 0 Å². The van der Waals surface area contributed by atoms with Gasteiger partial charge in [0.2, 0.25) is 5.91 Å². The minimum atomic E-state index is -1.09. The van der Waals surface area contributed by atoms with Gasteiger partial charge in [0.1, 0.15) is 0 Å². The smallest absolute Gasteiger partial charge is 0.334 e. The molecule has 0 radical (unpaired) electrons. The van der Waals surface area contributed by atoms with E-state index < -0.39 is 12.1 Å². The quantitative estimate of drug-likeness (QED) is 0.740. The lowest BCUT2D eigenvalue weighted by molar-refractivity contribution is -0.148. The summed E-state index contributed by atoms with van der Waals surface area (Å²) in [4.78, 5) is 22.8. The molecule has 1 saturated heterocycles. The lowest BCUT2D eigenvalue weighted by Crippen LogP contribution is -2.43. The van der Waals surface area contributed by atoms with Gasteiger partial charge in [0.05, 0.1) is 24.7 Å². The molecule has 0 aromatic heterocycles. The van der Waals surface area contributed by atoms with Gasteiger partial charge in [-0.1, -0.05) is 6.92 Å². The number of carboxylic acids is 1. The van der Waals surface area contributed by atoms with E-state index in [1.165, 1.54) is 7.11 Å². The topological polar surface area (TPSA) is 84.9 Å². The van der Waals surface area contributed by atoms with Crippen molar-refractivity contribution < 1.29 is 24.2 Å². The average molecular weight is 259 g/mol. The maximum absolute atomic E-state index is 12.0. The van der Waals surface area contributed by atoms with Gasteiger partial charge in [-0.2, -0.15) is 0 Å². The molecule has 1 rings (SSSR count). The summed E-state index contributed by atoms with van der Waals surface area (Å²) in [5, 5.41) is 11.4. The maximum atomic E-state index is 12.0. The monoisotopic (exact) mass is 259 g/mol. The van der Waals surface area contributed by atoms with E-state index in [0.717, 1.165) is 0 Å². The number of carbonyl (C=O) groups is 2. The first-order valence-electron chi connectivity index (χ1n) is 6.07. The van der Waals surface area contributed by atoms with Crippen LogP contribution in [0.2, 0.25) is 0 Å². The Bertz CT molecular complexity index is 320. The Morgan fingerprint density at radius 3 is 2.33 bits per heavy atom. The summed E-state index contributed by atoms with van der Waals surface area (Å²) in [5.74, 6) is -1.39. The highest BCUT2D eigenvalue weighted by molar-refractivity contribution is 5.81. The molecule has 1 aliphatic rings. The van der Waals surface area contributed by atoms with Gasteiger partial charge < -0.3 is 19.9 Å². The Hall–Kier alpha value is -1.14. The van der Waals surface area contributed by atoms with Crippen LogP contribution in [0.1, 0.15) is 20.8 Å². The highest BCUT2D eigenvalue weighted by Crippen LogP contribution is 2.32. The molecule has 18 heavy (non-hydrogen) atoms. The fourth-order valence-corrected chi connectivity index (χ4v) is 2.30. The summed E-state index contributed by atoms with van der Waals surface area (Å²) in [7, 11) is 1.30. The first-order valence-corrected chi connectivity index (χ1v) is 6.07. The largest absolute Gasteiger partial charge is 0.479 e. The normalized spacial score (nSPS) is 33.1. The van der Waals surface area contributed by atoms with Crippen LogP contribution in [-0.4, -0.2) is 48.9 Å². The van der Waals surface area contributed by atoms with Crippen LogP contribution < -0.4 is 5.32 Å². The number of nitrogens with one attached hydrogen (secondary N) is 1. The zero-order valence-corrected chi connectivity index (χ0v) is 11.2. The number of hydrogen-bond acceptors (Lipinski definition) is 4. The second kappa shape index (κ2) is 6.15. The van der Waals surface area contributed by atoms with Crippen molar-refractivity contribution in [1.82, 2.24) is 5.32 Å². The summed E-state index contributed by atoms with van der Waals surface area (Å²) in [5.41, 5.74) is 0. The van der Waals surface area contributed by atoms with E-state index in [-0.39, 0.29) is 36.5 Å². The lowest BCUT2D eigenvalue weighted by Gasteiger charge is -2.19. The van der Waals surface area contributed by atoms with Crippen LogP contribution in [0.25, 0.3) is 0 Å². The van der Waals surface area contributed by atoms with Crippen molar-refractivity contribution in [1.29, 1.82) is 0 Å². The van der Waals surface area contributed by atoms with Gasteiger partial charge in [0.25, 0.3) is 0 Å². The number of carboxylic acid groups (broad SMARTS) is 1. The second-order valence-electron chi connectivity index (χ2n) is 4.74. The van der Waals surface area contributed by atoms with E-state index in [1.54, 1.807) is 0 Å². The molecule has 1 aliphatic heterocycles. The molecule has 6 heteroatoms. The number of hydrogen-bond donors (Lipinski definition) is 2. The summed E-state index contributed by atoms with van der Waals surface area (Å²) < 4.78 is 10.3. The molecule has 5 unspecified atom stereocenters. The van der Waals surface area contributed by atoms with E-state index in [1.807, 2.05) is 20.8 Å². The van der Waals surface area contributed by atoms with Gasteiger partial charge in [0.15, 0.2) is 6.10 Å². The van der Waals surface area contributed by atoms with Crippen LogP contribution in [0.3, 0.4) is 0 Å². The molecule has 0 aliphatic carbocycles. The van der Waals surface area contributed by atoms with Crippen molar-refractivity contribution in [2.75, 3.05) is 13.7 Å². The van der Waals surface area contributed by atoms with E-state index in [0.29, 0.717) is 0 Å². The molecular formula is C12H21NO5. The van der Waals surface area contributed by atoms with E-state index in [9.17, 15) is 9.59 Å². The van der Waals surface area contributed by atoms with Crippen molar-refractivity contribution in [3.05, 3.63) is 0 Å². The van der Waals surface area contributed by atoms with Crippen molar-refractivity contribution >= 4 is 11.9 Å². The summed E-state index contributed by atoms with van der Waals surface area (Å²) in [6.07, 6.45) is -1.13. The average Bonchev–Trinajstić information content (AvgIpc) is 2.53. The predicted molar refractivity (Wildman–Crippen MR) is 64.1 cm³/mol. The van der Waals surface area contributed by atoms with Gasteiger partial charge in [-0.25, -0.2) is 4.79 Å². The predicted octanol–water partition coefficient (Wildman–Crippen LogP) is 0.262. The molecule has 5 atom stereocenters. The Labute approximate surface area is 107 Å². The molecule has 2 N–H and O–H groups in total. The molecule has 0 aromatic rings. The lowest BCUT2D eigenvalue weighted by atomic mass is 9.89. The standard InChI is InChI=1S/C12H21NO5/c1-6-7(2)18-8(3)10(6)11(14)13-5-9(17-4)12(15)16/h6-10H,5H2,1-4H3,(H,13,14)(H,15,16). The van der Waals surface area contributed by atoms with E-state index in [2.05, 4.69) is 5.32 Å². The molecule has 104 valence electrons. The Kier molecular flexibility index (Phi) is 5.10. The Morgan fingerprint density at radius 2 is 1.94 bits per heavy atom. The number of methoxy groups -OCH3 is 1. The molecule has 0 spiro atoms. The van der Waals surface area contributed by atoms with Gasteiger partial charge in [0, 0.05) is 7.11 Å². The van der Waals surface area contributed by atoms with E-state index in [4.69, 9.17) is 14.6 Å². The van der Waals surface area contributed by atoms with Gasteiger partial charge in [-0.05, 0) is 19.8 Å². The first-order chi connectivity index (χ1) is 8.38. The van der Waals surface area contributed by atoms with Crippen molar-refractivity contribution in [3.63, 3.8) is 0 Å². The number of ether oxygens (including phenoxy) is 2. The van der Waals surface area contributed by atoms with Crippen LogP contribution in [-0.2, 0) is 19.1 Å². The fourth-order valence-electron chi connectivity index (χ4n) is 2.30. The molecule has 6 nitrogen and oxygen atoms in total. The Balaban J connectivity index is 2.53. The van der Waals surface area contributed by atoms with Crippen LogP contribution in [0.4, 0.5) is 0 Å². The van der Waals surface area contributed by atoms with Crippen molar-refractivity contribution in [3.8, 4) is 0 Å². The number of carbonyl (C=O) groups excluding carboxylic acids is 1. The highest BCUT2D eigenvalue weighted by Gasteiger charge is 2.41. The molecule has 1 heterocycles. The maximum Gasteiger partial charge on any atom is 0.334 e. The van der Waals surface area contributed by atoms with Gasteiger partial charge in [-0.15, -0.1) is 0 Å². The first kappa shape index (κ1) is 14.9. The van der Waals surface area contributed by atoms with E-state index >= 15 is 0 Å². The molecule has 1 amide bonds. The summed E-state index contributed by atoms with van der Waals surface area (Å²) in [6, 6.07) is 0. The van der Waals surface area contributed by atoms with Crippen molar-refractivity contribution in [2.45, 2.75) is 39.1 Å². The third kappa shape index (κ3) is 3.20. The molecule has 0 aromatic carbocycles. The highest BCUT2D eigenvalue weighted by atomic mass is 16.5. The third-order valence-corrected chi connectivity index (χ3v) is 3.57. The SMILES string of the molecule is COC(CNC(=O)C1C(C)OC(C)C1C)C(=O)O. The van der Waals surface area contributed by atoms with Crippen LogP contribution in [0, 0.1) is 11.8 Å². The van der Waals surface area contributed by atoms with Crippen LogP contribution in [0.15, 0.2) is 0 Å². The summed E-state index contributed by atoms with van der Waals surface area (Å²) in [6.45, 7) is 5.72. The van der Waals surface area contributed by atoms with Crippen molar-refractivity contribution in [2.24, 2.45) is 11.8 Å². The second-order valence-corrected chi connectivity index (χ2v) is 4.74. The summed E-state index contributed by atoms with van der Waals surface area (Å²) >= 11 is 0. The van der Waals surface area contributed by atoms with Gasteiger partial charge >= 0.3 is 5.97 Å². The van der Waals surface area contributed by atoms with Crippen LogP contribution in [0.5, 0.6) is 0 Å². The number of aliphatic carboxylic acids is 1. The number of rotatable bonds is 5. The molecule has 1 fully saturated rings. The minimum Gasteiger partial charge on any atom is -0.479 e. The number of amides is 1. The Morgan fingerprint density at radius 1 is 1.33 bits per heavy atom. The van der Waals surface area contributed by atoms with Gasteiger partial charge in [-0.3, -0.25) is 4.79 Å². The fraction of sp³-hybridized carbons (Fsp3) is 0.833. The zero-order valence-electron chi connectivity index (χ0n) is 11.2. The minimum absolute atomic E-state index is 0.0328.